The number of nitrogens with one attached hydrogen (secondary N) is 1. The summed E-state index contributed by atoms with van der Waals surface area (Å²) in [4.78, 5) is 41.0. The highest BCUT2D eigenvalue weighted by atomic mass is 32.1. The number of rotatable bonds is 4. The molecule has 3 heterocycles. The Balaban J connectivity index is 1.24. The number of hydrogen-bond donors (Lipinski definition) is 1. The van der Waals surface area contributed by atoms with Crippen molar-refractivity contribution in [1.82, 2.24) is 15.1 Å². The number of piperazine rings is 1. The van der Waals surface area contributed by atoms with Gasteiger partial charge in [0, 0.05) is 26.2 Å². The van der Waals surface area contributed by atoms with Crippen molar-refractivity contribution < 1.29 is 23.9 Å². The van der Waals surface area contributed by atoms with Crippen LogP contribution in [-0.4, -0.2) is 73.0 Å². The summed E-state index contributed by atoms with van der Waals surface area (Å²) in [5.41, 5.74) is 0. The number of carbonyl (C=O) groups is 3. The number of nitrogens with zero attached hydrogens (tertiary/aromatic N) is 2. The zero-order chi connectivity index (χ0) is 20.2. The third-order valence-corrected chi connectivity index (χ3v) is 5.74. The van der Waals surface area contributed by atoms with Gasteiger partial charge in [0.05, 0.1) is 11.4 Å². The van der Waals surface area contributed by atoms with E-state index in [2.05, 4.69) is 5.32 Å². The molecule has 0 unspecified atom stereocenters. The summed E-state index contributed by atoms with van der Waals surface area (Å²) in [5, 5.41) is 4.45. The minimum absolute atomic E-state index is 0.0545. The molecular weight excluding hydrogens is 394 g/mol. The van der Waals surface area contributed by atoms with Crippen molar-refractivity contribution in [3.05, 3.63) is 46.7 Å². The fourth-order valence-corrected chi connectivity index (χ4v) is 3.92. The molecule has 0 spiro atoms. The lowest BCUT2D eigenvalue weighted by Gasteiger charge is -2.37. The fourth-order valence-electron chi connectivity index (χ4n) is 3.28. The van der Waals surface area contributed by atoms with Crippen LogP contribution < -0.4 is 14.8 Å². The Hall–Kier alpha value is -3.07. The monoisotopic (exact) mass is 415 g/mol. The lowest BCUT2D eigenvalue weighted by molar-refractivity contribution is -0.146. The van der Waals surface area contributed by atoms with Gasteiger partial charge < -0.3 is 24.6 Å². The van der Waals surface area contributed by atoms with Crippen LogP contribution in [0.1, 0.15) is 9.67 Å². The Bertz CT molecular complexity index is 893. The molecule has 3 amide bonds. The number of benzene rings is 1. The van der Waals surface area contributed by atoms with Crippen molar-refractivity contribution in [3.8, 4) is 11.5 Å². The first-order valence-electron chi connectivity index (χ1n) is 9.38. The zero-order valence-electron chi connectivity index (χ0n) is 15.7. The number of ether oxygens (including phenoxy) is 2. The van der Waals surface area contributed by atoms with Gasteiger partial charge in [-0.3, -0.25) is 14.4 Å². The normalized spacial score (nSPS) is 18.3. The number of fused-ring (bicyclic) bond motifs is 1. The molecular formula is C20H21N3O5S. The molecule has 2 aliphatic heterocycles. The number of carbonyl (C=O) groups excluding carboxylic acids is 3. The van der Waals surface area contributed by atoms with Crippen LogP contribution in [0.2, 0.25) is 0 Å². The van der Waals surface area contributed by atoms with Gasteiger partial charge in [-0.05, 0) is 23.6 Å². The summed E-state index contributed by atoms with van der Waals surface area (Å²) in [6.07, 6.45) is -0.683. The molecule has 29 heavy (non-hydrogen) atoms. The molecule has 2 aromatic rings. The van der Waals surface area contributed by atoms with E-state index < -0.39 is 6.10 Å². The van der Waals surface area contributed by atoms with Crippen LogP contribution >= 0.6 is 11.3 Å². The molecule has 2 aliphatic rings. The molecule has 152 valence electrons. The largest absolute Gasteiger partial charge is 0.485 e. The first-order chi connectivity index (χ1) is 14.1. The highest BCUT2D eigenvalue weighted by Crippen LogP contribution is 2.31. The Morgan fingerprint density at radius 2 is 1.72 bits per heavy atom. The van der Waals surface area contributed by atoms with E-state index in [9.17, 15) is 14.4 Å². The van der Waals surface area contributed by atoms with Gasteiger partial charge in [0.15, 0.2) is 11.5 Å². The van der Waals surface area contributed by atoms with Crippen LogP contribution in [0.25, 0.3) is 0 Å². The lowest BCUT2D eigenvalue weighted by Crippen LogP contribution is -2.56. The molecule has 1 aromatic heterocycles. The number of hydrogen-bond acceptors (Lipinski definition) is 6. The van der Waals surface area contributed by atoms with E-state index in [1.165, 1.54) is 11.3 Å². The minimum Gasteiger partial charge on any atom is -0.485 e. The Morgan fingerprint density at radius 1 is 1.00 bits per heavy atom. The van der Waals surface area contributed by atoms with Crippen LogP contribution in [0, 0.1) is 0 Å². The van der Waals surface area contributed by atoms with E-state index in [1.807, 2.05) is 17.5 Å². The lowest BCUT2D eigenvalue weighted by atomic mass is 10.2. The van der Waals surface area contributed by atoms with Crippen molar-refractivity contribution in [2.45, 2.75) is 6.10 Å². The molecule has 0 bridgehead atoms. The van der Waals surface area contributed by atoms with Gasteiger partial charge in [-0.2, -0.15) is 0 Å². The van der Waals surface area contributed by atoms with E-state index >= 15 is 0 Å². The third-order valence-electron chi connectivity index (χ3n) is 4.87. The van der Waals surface area contributed by atoms with Crippen molar-refractivity contribution in [1.29, 1.82) is 0 Å². The molecule has 0 saturated carbocycles. The van der Waals surface area contributed by atoms with Crippen molar-refractivity contribution in [3.63, 3.8) is 0 Å². The quantitative estimate of drug-likeness (QED) is 0.805. The van der Waals surface area contributed by atoms with Crippen molar-refractivity contribution in [2.75, 3.05) is 39.3 Å². The highest BCUT2D eigenvalue weighted by Gasteiger charge is 2.33. The molecule has 9 heteroatoms. The standard InChI is InChI=1S/C20H21N3O5S/c24-18(12-21-19(25)17-6-3-11-29-17)22-7-9-23(10-8-22)20(26)16-13-27-14-4-1-2-5-15(14)28-16/h1-6,11,16H,7-10,12-13H2,(H,21,25)/t16-/m1/s1. The molecule has 4 rings (SSSR count). The molecule has 8 nitrogen and oxygen atoms in total. The SMILES string of the molecule is O=C(NCC(=O)N1CCN(C(=O)[C@H]2COc3ccccc3O2)CC1)c1cccs1. The van der Waals surface area contributed by atoms with Crippen LogP contribution in [0.15, 0.2) is 41.8 Å². The predicted octanol–water partition coefficient (Wildman–Crippen LogP) is 0.989. The molecule has 1 atom stereocenters. The van der Waals surface area contributed by atoms with E-state index in [1.54, 1.807) is 34.1 Å². The highest BCUT2D eigenvalue weighted by molar-refractivity contribution is 7.12. The summed E-state index contributed by atoms with van der Waals surface area (Å²) < 4.78 is 11.4. The minimum atomic E-state index is -0.683. The maximum absolute atomic E-state index is 12.7. The fraction of sp³-hybridized carbons (Fsp3) is 0.350. The first kappa shape index (κ1) is 19.3. The summed E-state index contributed by atoms with van der Waals surface area (Å²) in [7, 11) is 0. The van der Waals surface area contributed by atoms with Crippen LogP contribution in [0.4, 0.5) is 0 Å². The Morgan fingerprint density at radius 3 is 2.45 bits per heavy atom. The predicted molar refractivity (Wildman–Crippen MR) is 106 cm³/mol. The van der Waals surface area contributed by atoms with Crippen molar-refractivity contribution >= 4 is 29.1 Å². The average molecular weight is 415 g/mol. The molecule has 0 radical (unpaired) electrons. The van der Waals surface area contributed by atoms with E-state index in [0.29, 0.717) is 42.6 Å². The van der Waals surface area contributed by atoms with E-state index in [0.717, 1.165) is 0 Å². The van der Waals surface area contributed by atoms with Gasteiger partial charge in [-0.15, -0.1) is 11.3 Å². The summed E-state index contributed by atoms with van der Waals surface area (Å²) >= 11 is 1.33. The molecule has 0 aliphatic carbocycles. The molecule has 1 saturated heterocycles. The number of thiophene rings is 1. The molecule has 1 aromatic carbocycles. The maximum atomic E-state index is 12.7. The second kappa shape index (κ2) is 8.52. The second-order valence-electron chi connectivity index (χ2n) is 6.73. The first-order valence-corrected chi connectivity index (χ1v) is 10.3. The topological polar surface area (TPSA) is 88.2 Å². The van der Waals surface area contributed by atoms with Crippen molar-refractivity contribution in [2.24, 2.45) is 0 Å². The Kier molecular flexibility index (Phi) is 5.66. The Labute approximate surface area is 172 Å². The molecule has 1 N–H and O–H groups in total. The average Bonchev–Trinajstić information content (AvgIpc) is 3.31. The summed E-state index contributed by atoms with van der Waals surface area (Å²) in [5.74, 6) is 0.645. The van der Waals surface area contributed by atoms with E-state index in [4.69, 9.17) is 9.47 Å². The van der Waals surface area contributed by atoms with Gasteiger partial charge in [0.2, 0.25) is 12.0 Å². The summed E-state index contributed by atoms with van der Waals surface area (Å²) in [6, 6.07) is 10.8. The number of para-hydroxylation sites is 2. The van der Waals surface area contributed by atoms with Gasteiger partial charge in [-0.25, -0.2) is 0 Å². The summed E-state index contributed by atoms with van der Waals surface area (Å²) in [6.45, 7) is 1.80. The van der Waals surface area contributed by atoms with Gasteiger partial charge in [-0.1, -0.05) is 18.2 Å². The third kappa shape index (κ3) is 4.34. The van der Waals surface area contributed by atoms with Gasteiger partial charge >= 0.3 is 0 Å². The van der Waals surface area contributed by atoms with E-state index in [-0.39, 0.29) is 30.9 Å². The van der Waals surface area contributed by atoms with Gasteiger partial charge in [0.25, 0.3) is 11.8 Å². The smallest absolute Gasteiger partial charge is 0.267 e. The zero-order valence-corrected chi connectivity index (χ0v) is 16.5. The van der Waals surface area contributed by atoms with Crippen LogP contribution in [0.5, 0.6) is 11.5 Å². The van der Waals surface area contributed by atoms with Gasteiger partial charge in [0.1, 0.15) is 6.61 Å². The number of amides is 3. The maximum Gasteiger partial charge on any atom is 0.267 e. The molecule has 1 fully saturated rings. The van der Waals surface area contributed by atoms with Crippen LogP contribution in [0.3, 0.4) is 0 Å². The van der Waals surface area contributed by atoms with Crippen LogP contribution in [-0.2, 0) is 9.59 Å². The second-order valence-corrected chi connectivity index (χ2v) is 7.68.